The van der Waals surface area contributed by atoms with Crippen molar-refractivity contribution >= 4 is 6.09 Å². The number of carbonyl (C=O) groups excluding carboxylic acids is 1. The molecule has 4 heteroatoms. The van der Waals surface area contributed by atoms with E-state index in [1.807, 2.05) is 0 Å². The summed E-state index contributed by atoms with van der Waals surface area (Å²) in [6.45, 7) is 7.94. The Kier molecular flexibility index (Phi) is 11.2. The van der Waals surface area contributed by atoms with Crippen molar-refractivity contribution in [3.63, 3.8) is 0 Å². The minimum Gasteiger partial charge on any atom is -0.448 e. The van der Waals surface area contributed by atoms with Gasteiger partial charge in [0.2, 0.25) is 0 Å². The molecular formula is C13H27NO3. The molecule has 102 valence electrons. The molecule has 0 heterocycles. The van der Waals surface area contributed by atoms with Crippen molar-refractivity contribution in [3.05, 3.63) is 0 Å². The molecule has 1 amide bonds. The third-order valence-corrected chi connectivity index (χ3v) is 2.39. The first-order valence-electron chi connectivity index (χ1n) is 6.83. The SMILES string of the molecule is CCCCOC(=O)N(CCCC)OCCCC. The highest BCUT2D eigenvalue weighted by atomic mass is 16.7. The van der Waals surface area contributed by atoms with Crippen LogP contribution in [0.25, 0.3) is 0 Å². The number of ether oxygens (including phenoxy) is 1. The van der Waals surface area contributed by atoms with E-state index in [2.05, 4.69) is 20.8 Å². The minimum absolute atomic E-state index is 0.344. The number of amides is 1. The van der Waals surface area contributed by atoms with Gasteiger partial charge in [0.05, 0.1) is 19.8 Å². The zero-order chi connectivity index (χ0) is 12.9. The third-order valence-electron chi connectivity index (χ3n) is 2.39. The van der Waals surface area contributed by atoms with Gasteiger partial charge in [0.15, 0.2) is 0 Å². The molecule has 0 aromatic carbocycles. The second kappa shape index (κ2) is 11.7. The van der Waals surface area contributed by atoms with Gasteiger partial charge in [0.25, 0.3) is 0 Å². The summed E-state index contributed by atoms with van der Waals surface area (Å²) in [5.74, 6) is 0. The second-order valence-corrected chi connectivity index (χ2v) is 4.11. The Morgan fingerprint density at radius 3 is 2.12 bits per heavy atom. The fourth-order valence-electron chi connectivity index (χ4n) is 1.21. The first-order valence-corrected chi connectivity index (χ1v) is 6.83. The first-order chi connectivity index (χ1) is 8.26. The van der Waals surface area contributed by atoms with Gasteiger partial charge < -0.3 is 4.74 Å². The van der Waals surface area contributed by atoms with E-state index in [0.717, 1.165) is 38.5 Å². The molecule has 0 aliphatic rings. The first kappa shape index (κ1) is 16.2. The molecule has 0 aliphatic heterocycles. The number of hydrogen-bond donors (Lipinski definition) is 0. The molecular weight excluding hydrogens is 218 g/mol. The summed E-state index contributed by atoms with van der Waals surface area (Å²) in [4.78, 5) is 17.1. The summed E-state index contributed by atoms with van der Waals surface area (Å²) in [5.41, 5.74) is 0. The molecule has 17 heavy (non-hydrogen) atoms. The van der Waals surface area contributed by atoms with Crippen LogP contribution in [0.4, 0.5) is 4.79 Å². The fraction of sp³-hybridized carbons (Fsp3) is 0.923. The van der Waals surface area contributed by atoms with Crippen LogP contribution >= 0.6 is 0 Å². The number of unbranched alkanes of at least 4 members (excludes halogenated alkanes) is 3. The average Bonchev–Trinajstić information content (AvgIpc) is 2.33. The molecule has 0 radical (unpaired) electrons. The molecule has 0 N–H and O–H groups in total. The van der Waals surface area contributed by atoms with Gasteiger partial charge in [0, 0.05) is 0 Å². The zero-order valence-electron chi connectivity index (χ0n) is 11.5. The molecule has 0 atom stereocenters. The highest BCUT2D eigenvalue weighted by Crippen LogP contribution is 2.03. The smallest absolute Gasteiger partial charge is 0.433 e. The summed E-state index contributed by atoms with van der Waals surface area (Å²) in [5, 5.41) is 1.37. The number of nitrogens with zero attached hydrogens (tertiary/aromatic N) is 1. The van der Waals surface area contributed by atoms with E-state index in [-0.39, 0.29) is 6.09 Å². The quantitative estimate of drug-likeness (QED) is 0.434. The Morgan fingerprint density at radius 2 is 1.53 bits per heavy atom. The van der Waals surface area contributed by atoms with E-state index in [0.29, 0.717) is 19.8 Å². The third kappa shape index (κ3) is 8.98. The fourth-order valence-corrected chi connectivity index (χ4v) is 1.21. The average molecular weight is 245 g/mol. The van der Waals surface area contributed by atoms with Crippen LogP contribution in [-0.2, 0) is 9.57 Å². The van der Waals surface area contributed by atoms with E-state index in [9.17, 15) is 4.79 Å². The van der Waals surface area contributed by atoms with Crippen LogP contribution in [0.15, 0.2) is 0 Å². The second-order valence-electron chi connectivity index (χ2n) is 4.11. The minimum atomic E-state index is -0.344. The van der Waals surface area contributed by atoms with Crippen molar-refractivity contribution < 1.29 is 14.4 Å². The molecule has 0 aliphatic carbocycles. The van der Waals surface area contributed by atoms with Crippen molar-refractivity contribution in [1.82, 2.24) is 5.06 Å². The topological polar surface area (TPSA) is 38.8 Å². The van der Waals surface area contributed by atoms with Crippen molar-refractivity contribution in [1.29, 1.82) is 0 Å². The largest absolute Gasteiger partial charge is 0.448 e. The Bertz CT molecular complexity index is 186. The predicted molar refractivity (Wildman–Crippen MR) is 68.7 cm³/mol. The van der Waals surface area contributed by atoms with Crippen molar-refractivity contribution in [2.45, 2.75) is 59.3 Å². The van der Waals surface area contributed by atoms with Crippen molar-refractivity contribution in [2.24, 2.45) is 0 Å². The lowest BCUT2D eigenvalue weighted by Gasteiger charge is -2.21. The lowest BCUT2D eigenvalue weighted by molar-refractivity contribution is -0.138. The maximum Gasteiger partial charge on any atom is 0.433 e. The van der Waals surface area contributed by atoms with Crippen LogP contribution < -0.4 is 0 Å². The zero-order valence-corrected chi connectivity index (χ0v) is 11.5. The van der Waals surface area contributed by atoms with Crippen LogP contribution in [0.5, 0.6) is 0 Å². The van der Waals surface area contributed by atoms with Crippen LogP contribution in [-0.4, -0.2) is 30.9 Å². The van der Waals surface area contributed by atoms with Gasteiger partial charge in [-0.05, 0) is 19.3 Å². The molecule has 4 nitrogen and oxygen atoms in total. The lowest BCUT2D eigenvalue weighted by Crippen LogP contribution is -2.33. The van der Waals surface area contributed by atoms with E-state index in [1.165, 1.54) is 5.06 Å². The van der Waals surface area contributed by atoms with Crippen LogP contribution in [0.2, 0.25) is 0 Å². The van der Waals surface area contributed by atoms with Crippen LogP contribution in [0.3, 0.4) is 0 Å². The van der Waals surface area contributed by atoms with E-state index in [4.69, 9.17) is 9.57 Å². The van der Waals surface area contributed by atoms with Gasteiger partial charge in [-0.3, -0.25) is 4.84 Å². The number of hydroxylamine groups is 2. The van der Waals surface area contributed by atoms with E-state index >= 15 is 0 Å². The molecule has 0 fully saturated rings. The number of rotatable bonds is 10. The molecule has 0 aromatic heterocycles. The Morgan fingerprint density at radius 1 is 0.941 bits per heavy atom. The van der Waals surface area contributed by atoms with Gasteiger partial charge in [0.1, 0.15) is 0 Å². The highest BCUT2D eigenvalue weighted by Gasteiger charge is 2.14. The van der Waals surface area contributed by atoms with Crippen LogP contribution in [0.1, 0.15) is 59.3 Å². The Labute approximate surface area is 105 Å². The van der Waals surface area contributed by atoms with E-state index in [1.54, 1.807) is 0 Å². The lowest BCUT2D eigenvalue weighted by atomic mass is 10.3. The summed E-state index contributed by atoms with van der Waals surface area (Å²) in [7, 11) is 0. The molecule has 0 saturated carbocycles. The van der Waals surface area contributed by atoms with Gasteiger partial charge in [-0.2, -0.15) is 5.06 Å². The van der Waals surface area contributed by atoms with Gasteiger partial charge >= 0.3 is 6.09 Å². The summed E-state index contributed by atoms with van der Waals surface area (Å²) < 4.78 is 5.13. The molecule has 0 bridgehead atoms. The monoisotopic (exact) mass is 245 g/mol. The number of hydrogen-bond acceptors (Lipinski definition) is 3. The van der Waals surface area contributed by atoms with E-state index < -0.39 is 0 Å². The van der Waals surface area contributed by atoms with Gasteiger partial charge in [-0.15, -0.1) is 0 Å². The molecule has 0 saturated heterocycles. The molecule has 0 spiro atoms. The van der Waals surface area contributed by atoms with Gasteiger partial charge in [-0.1, -0.05) is 40.0 Å². The standard InChI is InChI=1S/C13H27NO3/c1-4-7-10-14(17-12-9-6-3)13(15)16-11-8-5-2/h4-12H2,1-3H3. The Hall–Kier alpha value is -0.770. The normalized spacial score (nSPS) is 10.3. The molecule has 0 rings (SSSR count). The van der Waals surface area contributed by atoms with Crippen LogP contribution in [0, 0.1) is 0 Å². The van der Waals surface area contributed by atoms with Crippen molar-refractivity contribution in [3.8, 4) is 0 Å². The summed E-state index contributed by atoms with van der Waals surface area (Å²) in [6.07, 6.45) is 5.59. The Balaban J connectivity index is 3.91. The summed E-state index contributed by atoms with van der Waals surface area (Å²) >= 11 is 0. The van der Waals surface area contributed by atoms with Gasteiger partial charge in [-0.25, -0.2) is 4.79 Å². The van der Waals surface area contributed by atoms with Crippen molar-refractivity contribution in [2.75, 3.05) is 19.8 Å². The predicted octanol–water partition coefficient (Wildman–Crippen LogP) is 3.76. The summed E-state index contributed by atoms with van der Waals surface area (Å²) in [6, 6.07) is 0. The highest BCUT2D eigenvalue weighted by molar-refractivity contribution is 5.66. The maximum absolute atomic E-state index is 11.7. The number of carbonyl (C=O) groups is 1. The maximum atomic E-state index is 11.7. The molecule has 0 aromatic rings. The molecule has 0 unspecified atom stereocenters.